The summed E-state index contributed by atoms with van der Waals surface area (Å²) in [6.07, 6.45) is 0. The van der Waals surface area contributed by atoms with Crippen LogP contribution in [0.2, 0.25) is 0 Å². The summed E-state index contributed by atoms with van der Waals surface area (Å²) in [7, 11) is -3.66. The third-order valence-electron chi connectivity index (χ3n) is 3.09. The Kier molecular flexibility index (Phi) is 5.24. The first-order valence-corrected chi connectivity index (χ1v) is 7.90. The molecule has 6 nitrogen and oxygen atoms in total. The fourth-order valence-corrected chi connectivity index (χ4v) is 3.57. The van der Waals surface area contributed by atoms with Crippen molar-refractivity contribution >= 4 is 15.7 Å². The molecule has 0 spiro atoms. The molecule has 0 aliphatic carbocycles. The lowest BCUT2D eigenvalue weighted by atomic mass is 9.94. The van der Waals surface area contributed by atoms with Gasteiger partial charge in [0.05, 0.1) is 9.82 Å². The van der Waals surface area contributed by atoms with Crippen LogP contribution in [0.4, 0.5) is 5.69 Å². The summed E-state index contributed by atoms with van der Waals surface area (Å²) in [5.74, 6) is 0.311. The molecule has 1 aromatic carbocycles. The van der Waals surface area contributed by atoms with Crippen LogP contribution in [0, 0.1) is 22.0 Å². The van der Waals surface area contributed by atoms with E-state index in [1.54, 1.807) is 0 Å². The summed E-state index contributed by atoms with van der Waals surface area (Å²) in [4.78, 5) is 10.0. The van der Waals surface area contributed by atoms with Gasteiger partial charge in [-0.2, -0.15) is 0 Å². The van der Waals surface area contributed by atoms with E-state index in [0.29, 0.717) is 0 Å². The van der Waals surface area contributed by atoms with Crippen molar-refractivity contribution in [2.75, 3.05) is 0 Å². The summed E-state index contributed by atoms with van der Waals surface area (Å²) in [6, 6.07) is 4.69. The SMILES string of the molecule is CC(C)C(NS(=O)(=O)c1ccc([N+](=O)[O-])cc1)C(C)C. The summed E-state index contributed by atoms with van der Waals surface area (Å²) >= 11 is 0. The third-order valence-corrected chi connectivity index (χ3v) is 4.56. The molecule has 0 radical (unpaired) electrons. The maximum absolute atomic E-state index is 12.3. The lowest BCUT2D eigenvalue weighted by molar-refractivity contribution is -0.384. The van der Waals surface area contributed by atoms with Gasteiger partial charge in [0, 0.05) is 18.2 Å². The fraction of sp³-hybridized carbons (Fsp3) is 0.538. The van der Waals surface area contributed by atoms with Crippen LogP contribution in [0.1, 0.15) is 27.7 Å². The standard InChI is InChI=1S/C13H20N2O4S/c1-9(2)13(10(3)4)14-20(18,19)12-7-5-11(6-8-12)15(16)17/h5-10,13-14H,1-4H3. The molecular weight excluding hydrogens is 280 g/mol. The van der Waals surface area contributed by atoms with E-state index in [1.165, 1.54) is 24.3 Å². The Hall–Kier alpha value is -1.47. The minimum Gasteiger partial charge on any atom is -0.258 e. The van der Waals surface area contributed by atoms with Crippen molar-refractivity contribution in [3.8, 4) is 0 Å². The molecule has 1 N–H and O–H groups in total. The van der Waals surface area contributed by atoms with E-state index >= 15 is 0 Å². The van der Waals surface area contributed by atoms with Gasteiger partial charge in [0.2, 0.25) is 10.0 Å². The second-order valence-electron chi connectivity index (χ2n) is 5.39. The molecule has 0 saturated carbocycles. The van der Waals surface area contributed by atoms with E-state index in [9.17, 15) is 18.5 Å². The van der Waals surface area contributed by atoms with Crippen molar-refractivity contribution in [3.05, 3.63) is 34.4 Å². The van der Waals surface area contributed by atoms with Crippen molar-refractivity contribution in [2.24, 2.45) is 11.8 Å². The molecule has 1 aromatic rings. The molecule has 112 valence electrons. The number of nitro groups is 1. The van der Waals surface area contributed by atoms with Crippen LogP contribution < -0.4 is 4.72 Å². The normalized spacial score (nSPS) is 12.3. The zero-order valence-corrected chi connectivity index (χ0v) is 12.8. The zero-order chi connectivity index (χ0) is 15.5. The van der Waals surface area contributed by atoms with Gasteiger partial charge < -0.3 is 0 Å². The van der Waals surface area contributed by atoms with Gasteiger partial charge in [-0.1, -0.05) is 27.7 Å². The highest BCUT2D eigenvalue weighted by atomic mass is 32.2. The molecule has 0 amide bonds. The Balaban J connectivity index is 3.01. The number of sulfonamides is 1. The number of hydrogen-bond donors (Lipinski definition) is 1. The summed E-state index contributed by atoms with van der Waals surface area (Å²) in [5, 5.41) is 10.6. The van der Waals surface area contributed by atoms with E-state index in [0.717, 1.165) is 0 Å². The molecule has 0 atom stereocenters. The Morgan fingerprint density at radius 2 is 1.50 bits per heavy atom. The Morgan fingerprint density at radius 1 is 1.05 bits per heavy atom. The Bertz CT molecular complexity index is 557. The zero-order valence-electron chi connectivity index (χ0n) is 12.0. The first-order valence-electron chi connectivity index (χ1n) is 6.42. The second-order valence-corrected chi connectivity index (χ2v) is 7.10. The first-order chi connectivity index (χ1) is 9.15. The van der Waals surface area contributed by atoms with Crippen LogP contribution >= 0.6 is 0 Å². The topological polar surface area (TPSA) is 89.3 Å². The predicted octanol–water partition coefficient (Wildman–Crippen LogP) is 2.55. The molecule has 0 saturated heterocycles. The monoisotopic (exact) mass is 300 g/mol. The van der Waals surface area contributed by atoms with Crippen LogP contribution in [0.5, 0.6) is 0 Å². The van der Waals surface area contributed by atoms with Crippen LogP contribution in [0.3, 0.4) is 0 Å². The average molecular weight is 300 g/mol. The molecule has 0 heterocycles. The lowest BCUT2D eigenvalue weighted by Crippen LogP contribution is -2.42. The van der Waals surface area contributed by atoms with Crippen LogP contribution in [-0.4, -0.2) is 19.4 Å². The lowest BCUT2D eigenvalue weighted by Gasteiger charge is -2.25. The van der Waals surface area contributed by atoms with Gasteiger partial charge in [0.25, 0.3) is 5.69 Å². The van der Waals surface area contributed by atoms with Gasteiger partial charge in [-0.3, -0.25) is 10.1 Å². The molecule has 0 bridgehead atoms. The molecule has 0 fully saturated rings. The molecule has 7 heteroatoms. The average Bonchev–Trinajstić information content (AvgIpc) is 2.35. The highest BCUT2D eigenvalue weighted by Crippen LogP contribution is 2.19. The first kappa shape index (κ1) is 16.6. The number of nitrogens with one attached hydrogen (secondary N) is 1. The van der Waals surface area contributed by atoms with Crippen molar-refractivity contribution in [3.63, 3.8) is 0 Å². The highest BCUT2D eigenvalue weighted by molar-refractivity contribution is 7.89. The third kappa shape index (κ3) is 4.01. The minimum absolute atomic E-state index is 0.0365. The van der Waals surface area contributed by atoms with E-state index in [-0.39, 0.29) is 28.5 Å². The number of nitrogens with zero attached hydrogens (tertiary/aromatic N) is 1. The van der Waals surface area contributed by atoms with Gasteiger partial charge in [-0.15, -0.1) is 0 Å². The smallest absolute Gasteiger partial charge is 0.258 e. The minimum atomic E-state index is -3.66. The van der Waals surface area contributed by atoms with Crippen molar-refractivity contribution in [1.82, 2.24) is 4.72 Å². The van der Waals surface area contributed by atoms with Crippen molar-refractivity contribution in [2.45, 2.75) is 38.6 Å². The molecule has 20 heavy (non-hydrogen) atoms. The van der Waals surface area contributed by atoms with Crippen LogP contribution in [-0.2, 0) is 10.0 Å². The maximum Gasteiger partial charge on any atom is 0.269 e. The summed E-state index contributed by atoms with van der Waals surface area (Å²) in [6.45, 7) is 7.79. The predicted molar refractivity (Wildman–Crippen MR) is 76.9 cm³/mol. The van der Waals surface area contributed by atoms with E-state index in [2.05, 4.69) is 4.72 Å². The van der Waals surface area contributed by atoms with Crippen LogP contribution in [0.15, 0.2) is 29.2 Å². The highest BCUT2D eigenvalue weighted by Gasteiger charge is 2.25. The van der Waals surface area contributed by atoms with Gasteiger partial charge in [-0.25, -0.2) is 13.1 Å². The quantitative estimate of drug-likeness (QED) is 0.646. The number of hydrogen-bond acceptors (Lipinski definition) is 4. The molecule has 1 rings (SSSR count). The van der Waals surface area contributed by atoms with Gasteiger partial charge in [0.1, 0.15) is 0 Å². The van der Waals surface area contributed by atoms with Crippen molar-refractivity contribution in [1.29, 1.82) is 0 Å². The van der Waals surface area contributed by atoms with Gasteiger partial charge >= 0.3 is 0 Å². The molecule has 0 aromatic heterocycles. The largest absolute Gasteiger partial charge is 0.269 e. The maximum atomic E-state index is 12.3. The molecule has 0 unspecified atom stereocenters. The molecular formula is C13H20N2O4S. The Morgan fingerprint density at radius 3 is 1.85 bits per heavy atom. The van der Waals surface area contributed by atoms with Crippen LogP contribution in [0.25, 0.3) is 0 Å². The van der Waals surface area contributed by atoms with E-state index < -0.39 is 14.9 Å². The molecule has 0 aliphatic rings. The molecule has 0 aliphatic heterocycles. The second kappa shape index (κ2) is 6.32. The van der Waals surface area contributed by atoms with E-state index in [4.69, 9.17) is 0 Å². The number of rotatable bonds is 6. The number of non-ortho nitro benzene ring substituents is 1. The van der Waals surface area contributed by atoms with E-state index in [1.807, 2.05) is 27.7 Å². The Labute approximate surface area is 119 Å². The summed E-state index contributed by atoms with van der Waals surface area (Å²) in [5.41, 5.74) is -0.131. The number of nitro benzene ring substituents is 1. The van der Waals surface area contributed by atoms with Crippen molar-refractivity contribution < 1.29 is 13.3 Å². The van der Waals surface area contributed by atoms with Gasteiger partial charge in [-0.05, 0) is 24.0 Å². The summed E-state index contributed by atoms with van der Waals surface area (Å²) < 4.78 is 27.2. The number of benzene rings is 1. The van der Waals surface area contributed by atoms with Gasteiger partial charge in [0.15, 0.2) is 0 Å². The fourth-order valence-electron chi connectivity index (χ4n) is 2.04.